The molecule has 10 heavy (non-hydrogen) atoms. The summed E-state index contributed by atoms with van der Waals surface area (Å²) >= 11 is 0. The van der Waals surface area contributed by atoms with Gasteiger partial charge in [0, 0.05) is 0 Å². The van der Waals surface area contributed by atoms with Crippen molar-refractivity contribution < 1.29 is 4.39 Å². The van der Waals surface area contributed by atoms with Crippen LogP contribution in [0.1, 0.15) is 33.6 Å². The van der Waals surface area contributed by atoms with Crippen molar-refractivity contribution in [2.75, 3.05) is 0 Å². The van der Waals surface area contributed by atoms with Gasteiger partial charge in [-0.3, -0.25) is 0 Å². The van der Waals surface area contributed by atoms with Crippen LogP contribution < -0.4 is 0 Å². The molecule has 2 atom stereocenters. The van der Waals surface area contributed by atoms with Crippen LogP contribution in [0, 0.1) is 11.8 Å². The zero-order valence-electron chi connectivity index (χ0n) is 6.95. The molecule has 0 saturated carbocycles. The number of halogens is 1. The van der Waals surface area contributed by atoms with Gasteiger partial charge in [-0.25, -0.2) is 4.39 Å². The molecular weight excluding hydrogens is 127 g/mol. The predicted molar refractivity (Wildman–Crippen MR) is 41.4 cm³/mol. The quantitative estimate of drug-likeness (QED) is 0.487. The lowest BCUT2D eigenvalue weighted by molar-refractivity contribution is 0.349. The van der Waals surface area contributed by atoms with Crippen LogP contribution in [0.5, 0.6) is 0 Å². The van der Waals surface area contributed by atoms with Crippen molar-refractivity contribution in [2.24, 2.45) is 11.8 Å². The van der Waals surface area contributed by atoms with E-state index in [0.29, 0.717) is 18.3 Å². The minimum atomic E-state index is 0.130. The molecule has 0 amide bonds. The van der Waals surface area contributed by atoms with Gasteiger partial charge in [-0.05, 0) is 37.2 Å². The Labute approximate surface area is 62.1 Å². The molecule has 1 unspecified atom stereocenters. The highest BCUT2D eigenvalue weighted by Gasteiger charge is 2.22. The van der Waals surface area contributed by atoms with Gasteiger partial charge in [-0.1, -0.05) is 13.8 Å². The molecule has 1 aliphatic rings. The molecule has 0 aromatic heterocycles. The molecule has 1 rings (SSSR count). The Morgan fingerprint density at radius 1 is 1.40 bits per heavy atom. The molecule has 0 spiro atoms. The second-order valence-electron chi connectivity index (χ2n) is 3.39. The van der Waals surface area contributed by atoms with E-state index in [-0.39, 0.29) is 5.83 Å². The molecule has 58 valence electrons. The lowest BCUT2D eigenvalue weighted by atomic mass is 9.81. The van der Waals surface area contributed by atoms with Crippen molar-refractivity contribution in [2.45, 2.75) is 33.6 Å². The van der Waals surface area contributed by atoms with Crippen molar-refractivity contribution in [3.63, 3.8) is 0 Å². The summed E-state index contributed by atoms with van der Waals surface area (Å²) in [6.45, 7) is 6.22. The third-order valence-corrected chi connectivity index (χ3v) is 2.78. The zero-order valence-corrected chi connectivity index (χ0v) is 6.95. The number of rotatable bonds is 0. The maximum atomic E-state index is 12.9. The zero-order chi connectivity index (χ0) is 7.72. The van der Waals surface area contributed by atoms with Crippen molar-refractivity contribution in [1.82, 2.24) is 0 Å². The molecule has 0 nitrogen and oxygen atoms in total. The van der Waals surface area contributed by atoms with E-state index >= 15 is 0 Å². The number of allylic oxidation sites excluding steroid dienone is 2. The topological polar surface area (TPSA) is 0 Å². The summed E-state index contributed by atoms with van der Waals surface area (Å²) < 4.78 is 12.9. The van der Waals surface area contributed by atoms with E-state index in [1.807, 2.05) is 6.92 Å². The first-order valence-corrected chi connectivity index (χ1v) is 3.98. The fourth-order valence-corrected chi connectivity index (χ4v) is 1.48. The van der Waals surface area contributed by atoms with Crippen molar-refractivity contribution >= 4 is 0 Å². The van der Waals surface area contributed by atoms with Gasteiger partial charge < -0.3 is 0 Å². The number of hydrogen-bond donors (Lipinski definition) is 0. The molecule has 0 heterocycles. The van der Waals surface area contributed by atoms with E-state index in [0.717, 1.165) is 12.0 Å². The Kier molecular flexibility index (Phi) is 2.12. The van der Waals surface area contributed by atoms with Crippen LogP contribution in [0.4, 0.5) is 4.39 Å². The summed E-state index contributed by atoms with van der Waals surface area (Å²) in [6, 6.07) is 0. The average Bonchev–Trinajstić information content (AvgIpc) is 1.93. The van der Waals surface area contributed by atoms with Crippen LogP contribution in [-0.2, 0) is 0 Å². The summed E-state index contributed by atoms with van der Waals surface area (Å²) in [5.74, 6) is 1.25. The Morgan fingerprint density at radius 2 is 2.00 bits per heavy atom. The minimum absolute atomic E-state index is 0.130. The minimum Gasteiger partial charge on any atom is -0.212 e. The summed E-state index contributed by atoms with van der Waals surface area (Å²) in [6.07, 6.45) is 1.68. The SMILES string of the molecule is CC1=C(F)CC[C@H](C)C1C. The van der Waals surface area contributed by atoms with Crippen molar-refractivity contribution in [1.29, 1.82) is 0 Å². The third-order valence-electron chi connectivity index (χ3n) is 2.78. The number of hydrogen-bond acceptors (Lipinski definition) is 0. The second-order valence-corrected chi connectivity index (χ2v) is 3.39. The largest absolute Gasteiger partial charge is 0.212 e. The van der Waals surface area contributed by atoms with E-state index in [1.165, 1.54) is 0 Å². The molecule has 1 heteroatoms. The highest BCUT2D eigenvalue weighted by Crippen LogP contribution is 2.34. The maximum absolute atomic E-state index is 12.9. The van der Waals surface area contributed by atoms with Gasteiger partial charge in [0.25, 0.3) is 0 Å². The standard InChI is InChI=1S/C9H15F/c1-6-4-5-9(10)8(3)7(6)2/h6-7H,4-5H2,1-3H3/t6-,7?/m0/s1. The van der Waals surface area contributed by atoms with E-state index in [1.54, 1.807) is 0 Å². The maximum Gasteiger partial charge on any atom is 0.0991 e. The molecule has 0 radical (unpaired) electrons. The Balaban J connectivity index is 2.77. The summed E-state index contributed by atoms with van der Waals surface area (Å²) in [7, 11) is 0. The Hall–Kier alpha value is -0.330. The lowest BCUT2D eigenvalue weighted by Crippen LogP contribution is -2.14. The Bertz CT molecular complexity index is 158. The van der Waals surface area contributed by atoms with Crippen LogP contribution in [0.3, 0.4) is 0 Å². The molecule has 0 aromatic carbocycles. The second kappa shape index (κ2) is 2.73. The molecule has 0 aromatic rings. The third kappa shape index (κ3) is 1.23. The van der Waals surface area contributed by atoms with Gasteiger partial charge >= 0.3 is 0 Å². The van der Waals surface area contributed by atoms with Gasteiger partial charge in [0.05, 0.1) is 5.83 Å². The lowest BCUT2D eigenvalue weighted by Gasteiger charge is -2.25. The van der Waals surface area contributed by atoms with Crippen LogP contribution in [0.2, 0.25) is 0 Å². The highest BCUT2D eigenvalue weighted by molar-refractivity contribution is 5.12. The van der Waals surface area contributed by atoms with Gasteiger partial charge in [-0.2, -0.15) is 0 Å². The van der Waals surface area contributed by atoms with E-state index < -0.39 is 0 Å². The van der Waals surface area contributed by atoms with Gasteiger partial charge in [0.15, 0.2) is 0 Å². The fourth-order valence-electron chi connectivity index (χ4n) is 1.48. The van der Waals surface area contributed by atoms with E-state index in [9.17, 15) is 4.39 Å². The molecule has 0 aliphatic heterocycles. The van der Waals surface area contributed by atoms with Gasteiger partial charge in [0.2, 0.25) is 0 Å². The van der Waals surface area contributed by atoms with Crippen LogP contribution in [-0.4, -0.2) is 0 Å². The van der Waals surface area contributed by atoms with Crippen LogP contribution in [0.15, 0.2) is 11.4 Å². The average molecular weight is 142 g/mol. The van der Waals surface area contributed by atoms with Crippen LogP contribution in [0.25, 0.3) is 0 Å². The summed E-state index contributed by atoms with van der Waals surface area (Å²) in [4.78, 5) is 0. The predicted octanol–water partition coefficient (Wildman–Crippen LogP) is 3.30. The van der Waals surface area contributed by atoms with Crippen molar-refractivity contribution in [3.8, 4) is 0 Å². The smallest absolute Gasteiger partial charge is 0.0991 e. The first-order valence-electron chi connectivity index (χ1n) is 3.98. The van der Waals surface area contributed by atoms with Crippen LogP contribution >= 0.6 is 0 Å². The normalized spacial score (nSPS) is 34.8. The molecule has 0 saturated heterocycles. The first-order chi connectivity index (χ1) is 4.63. The molecule has 0 fully saturated rings. The molecule has 1 aliphatic carbocycles. The van der Waals surface area contributed by atoms with Gasteiger partial charge in [0.1, 0.15) is 0 Å². The monoisotopic (exact) mass is 142 g/mol. The molecular formula is C9H15F. The van der Waals surface area contributed by atoms with Crippen molar-refractivity contribution in [3.05, 3.63) is 11.4 Å². The molecule has 0 N–H and O–H groups in total. The summed E-state index contributed by atoms with van der Waals surface area (Å²) in [5.41, 5.74) is 0.971. The summed E-state index contributed by atoms with van der Waals surface area (Å²) in [5, 5.41) is 0. The fraction of sp³-hybridized carbons (Fsp3) is 0.778. The first kappa shape index (κ1) is 7.77. The van der Waals surface area contributed by atoms with E-state index in [4.69, 9.17) is 0 Å². The molecule has 0 bridgehead atoms. The van der Waals surface area contributed by atoms with Gasteiger partial charge in [-0.15, -0.1) is 0 Å². The van der Waals surface area contributed by atoms with E-state index in [2.05, 4.69) is 13.8 Å². The Morgan fingerprint density at radius 3 is 2.50 bits per heavy atom. The highest BCUT2D eigenvalue weighted by atomic mass is 19.1.